The fourth-order valence-corrected chi connectivity index (χ4v) is 3.09. The van der Waals surface area contributed by atoms with E-state index in [4.69, 9.17) is 9.47 Å². The van der Waals surface area contributed by atoms with Crippen LogP contribution in [0.4, 0.5) is 5.69 Å². The van der Waals surface area contributed by atoms with Crippen molar-refractivity contribution in [1.29, 1.82) is 0 Å². The summed E-state index contributed by atoms with van der Waals surface area (Å²) in [5, 5.41) is 2.77. The minimum atomic E-state index is -0.173. The largest absolute Gasteiger partial charge is 0.497 e. The van der Waals surface area contributed by atoms with Crippen molar-refractivity contribution < 1.29 is 14.3 Å². The highest BCUT2D eigenvalue weighted by Gasteiger charge is 2.19. The van der Waals surface area contributed by atoms with Gasteiger partial charge in [0.05, 0.1) is 25.2 Å². The normalized spacial score (nSPS) is 11.6. The molecule has 0 heterocycles. The summed E-state index contributed by atoms with van der Waals surface area (Å²) in [5.74, 6) is 1.23. The second-order valence-corrected chi connectivity index (χ2v) is 6.16. The van der Waals surface area contributed by atoms with Crippen LogP contribution in [0.1, 0.15) is 13.3 Å². The monoisotopic (exact) mass is 331 g/mol. The van der Waals surface area contributed by atoms with E-state index < -0.39 is 0 Å². The number of benzene rings is 2. The number of carbonyl (C=O) groups excluding carboxylic acids is 1. The number of nitrogens with one attached hydrogen (secondary N) is 1. The van der Waals surface area contributed by atoms with Gasteiger partial charge in [0, 0.05) is 11.0 Å². The molecule has 2 aromatic carbocycles. The molecule has 2 aromatic rings. The zero-order valence-electron chi connectivity index (χ0n) is 13.5. The van der Waals surface area contributed by atoms with E-state index in [0.29, 0.717) is 17.2 Å². The van der Waals surface area contributed by atoms with Crippen molar-refractivity contribution in [1.82, 2.24) is 0 Å². The third-order valence-electron chi connectivity index (χ3n) is 3.35. The zero-order chi connectivity index (χ0) is 16.7. The van der Waals surface area contributed by atoms with Gasteiger partial charge in [-0.1, -0.05) is 25.1 Å². The van der Waals surface area contributed by atoms with Crippen molar-refractivity contribution in [2.24, 2.45) is 0 Å². The minimum absolute atomic E-state index is 0.0482. The first-order chi connectivity index (χ1) is 11.2. The number of anilines is 1. The van der Waals surface area contributed by atoms with Crippen LogP contribution in [0.5, 0.6) is 11.5 Å². The van der Waals surface area contributed by atoms with Gasteiger partial charge in [-0.2, -0.15) is 0 Å². The highest BCUT2D eigenvalue weighted by molar-refractivity contribution is 8.00. The molecule has 1 unspecified atom stereocenters. The predicted molar refractivity (Wildman–Crippen MR) is 94.6 cm³/mol. The SMILES string of the molecule is CCC(Sc1ccccc1)C(=O)Nc1cc(OC)ccc1OC. The molecule has 0 bridgehead atoms. The van der Waals surface area contributed by atoms with Gasteiger partial charge in [-0.25, -0.2) is 0 Å². The van der Waals surface area contributed by atoms with Gasteiger partial charge in [-0.3, -0.25) is 4.79 Å². The molecule has 0 aliphatic heterocycles. The number of hydrogen-bond donors (Lipinski definition) is 1. The maximum Gasteiger partial charge on any atom is 0.237 e. The quantitative estimate of drug-likeness (QED) is 0.772. The number of rotatable bonds is 7. The van der Waals surface area contributed by atoms with Crippen LogP contribution < -0.4 is 14.8 Å². The molecule has 1 amide bonds. The van der Waals surface area contributed by atoms with E-state index in [9.17, 15) is 4.79 Å². The molecule has 5 heteroatoms. The third kappa shape index (κ3) is 4.66. The molecule has 23 heavy (non-hydrogen) atoms. The Bertz CT molecular complexity index is 646. The average molecular weight is 331 g/mol. The number of carbonyl (C=O) groups is 1. The number of ether oxygens (including phenoxy) is 2. The number of thioether (sulfide) groups is 1. The zero-order valence-corrected chi connectivity index (χ0v) is 14.4. The molecule has 2 rings (SSSR count). The Morgan fingerprint density at radius 1 is 1.13 bits per heavy atom. The summed E-state index contributed by atoms with van der Waals surface area (Å²) >= 11 is 1.56. The molecular weight excluding hydrogens is 310 g/mol. The molecule has 0 radical (unpaired) electrons. The van der Waals surface area contributed by atoms with Crippen LogP contribution in [-0.2, 0) is 4.79 Å². The maximum atomic E-state index is 12.6. The Morgan fingerprint density at radius 3 is 2.48 bits per heavy atom. The molecule has 0 saturated heterocycles. The highest BCUT2D eigenvalue weighted by Crippen LogP contribution is 2.31. The lowest BCUT2D eigenvalue weighted by Gasteiger charge is -2.17. The molecule has 122 valence electrons. The van der Waals surface area contributed by atoms with Crippen LogP contribution in [-0.4, -0.2) is 25.4 Å². The van der Waals surface area contributed by atoms with Crippen LogP contribution in [0.3, 0.4) is 0 Å². The summed E-state index contributed by atoms with van der Waals surface area (Å²) in [6.45, 7) is 2.00. The first kappa shape index (κ1) is 17.2. The Morgan fingerprint density at radius 2 is 1.87 bits per heavy atom. The Labute approximate surface area is 141 Å². The van der Waals surface area contributed by atoms with Gasteiger partial charge in [0.2, 0.25) is 5.91 Å². The summed E-state index contributed by atoms with van der Waals surface area (Å²) in [4.78, 5) is 13.7. The fourth-order valence-electron chi connectivity index (χ4n) is 2.11. The van der Waals surface area contributed by atoms with E-state index in [2.05, 4.69) is 5.32 Å². The first-order valence-corrected chi connectivity index (χ1v) is 8.30. The van der Waals surface area contributed by atoms with Crippen LogP contribution >= 0.6 is 11.8 Å². The molecule has 1 atom stereocenters. The maximum absolute atomic E-state index is 12.6. The number of amides is 1. The van der Waals surface area contributed by atoms with Crippen molar-refractivity contribution in [2.45, 2.75) is 23.5 Å². The second kappa shape index (κ2) is 8.48. The molecule has 0 aliphatic rings. The van der Waals surface area contributed by atoms with Crippen molar-refractivity contribution in [3.63, 3.8) is 0 Å². The minimum Gasteiger partial charge on any atom is -0.497 e. The lowest BCUT2D eigenvalue weighted by molar-refractivity contribution is -0.115. The van der Waals surface area contributed by atoms with Crippen molar-refractivity contribution in [2.75, 3.05) is 19.5 Å². The Kier molecular flexibility index (Phi) is 6.35. The molecule has 0 aliphatic carbocycles. The molecule has 1 N–H and O–H groups in total. The van der Waals surface area contributed by atoms with E-state index in [1.54, 1.807) is 44.2 Å². The van der Waals surface area contributed by atoms with Gasteiger partial charge >= 0.3 is 0 Å². The molecule has 0 saturated carbocycles. The predicted octanol–water partition coefficient (Wildman–Crippen LogP) is 4.21. The summed E-state index contributed by atoms with van der Waals surface area (Å²) in [5.41, 5.74) is 0.615. The fraction of sp³-hybridized carbons (Fsp3) is 0.278. The summed E-state index contributed by atoms with van der Waals surface area (Å²) < 4.78 is 10.5. The third-order valence-corrected chi connectivity index (χ3v) is 4.73. The lowest BCUT2D eigenvalue weighted by atomic mass is 10.2. The second-order valence-electron chi connectivity index (χ2n) is 4.88. The van der Waals surface area contributed by atoms with E-state index in [-0.39, 0.29) is 11.2 Å². The summed E-state index contributed by atoms with van der Waals surface area (Å²) in [7, 11) is 3.17. The summed E-state index contributed by atoms with van der Waals surface area (Å²) in [6.07, 6.45) is 0.734. The van der Waals surface area contributed by atoms with Gasteiger partial charge in [-0.05, 0) is 30.7 Å². The molecule has 0 fully saturated rings. The van der Waals surface area contributed by atoms with Gasteiger partial charge in [0.25, 0.3) is 0 Å². The summed E-state index contributed by atoms with van der Waals surface area (Å²) in [6, 6.07) is 15.3. The van der Waals surface area contributed by atoms with Gasteiger partial charge in [0.1, 0.15) is 11.5 Å². The highest BCUT2D eigenvalue weighted by atomic mass is 32.2. The number of hydrogen-bond acceptors (Lipinski definition) is 4. The van der Waals surface area contributed by atoms with Crippen LogP contribution in [0.15, 0.2) is 53.4 Å². The molecular formula is C18H21NO3S. The van der Waals surface area contributed by atoms with Gasteiger partial charge in [-0.15, -0.1) is 11.8 Å². The van der Waals surface area contributed by atoms with Crippen LogP contribution in [0.2, 0.25) is 0 Å². The standard InChI is InChI=1S/C18H21NO3S/c1-4-17(23-14-8-6-5-7-9-14)18(20)19-15-12-13(21-2)10-11-16(15)22-3/h5-12,17H,4H2,1-3H3,(H,19,20). The number of methoxy groups -OCH3 is 2. The molecule has 4 nitrogen and oxygen atoms in total. The van der Waals surface area contributed by atoms with Gasteiger partial charge < -0.3 is 14.8 Å². The Hall–Kier alpha value is -2.14. The van der Waals surface area contributed by atoms with E-state index in [1.807, 2.05) is 37.3 Å². The van der Waals surface area contributed by atoms with E-state index in [0.717, 1.165) is 11.3 Å². The van der Waals surface area contributed by atoms with Crippen LogP contribution in [0.25, 0.3) is 0 Å². The van der Waals surface area contributed by atoms with E-state index >= 15 is 0 Å². The lowest BCUT2D eigenvalue weighted by Crippen LogP contribution is -2.24. The smallest absolute Gasteiger partial charge is 0.237 e. The average Bonchev–Trinajstić information content (AvgIpc) is 2.60. The van der Waals surface area contributed by atoms with Gasteiger partial charge in [0.15, 0.2) is 0 Å². The van der Waals surface area contributed by atoms with Crippen molar-refractivity contribution >= 4 is 23.4 Å². The van der Waals surface area contributed by atoms with Crippen molar-refractivity contribution in [3.05, 3.63) is 48.5 Å². The van der Waals surface area contributed by atoms with Crippen molar-refractivity contribution in [3.8, 4) is 11.5 Å². The topological polar surface area (TPSA) is 47.6 Å². The first-order valence-electron chi connectivity index (χ1n) is 7.42. The van der Waals surface area contributed by atoms with Crippen LogP contribution in [0, 0.1) is 0 Å². The Balaban J connectivity index is 2.13. The van der Waals surface area contributed by atoms with E-state index in [1.165, 1.54) is 0 Å². The molecule has 0 spiro atoms. The molecule has 0 aromatic heterocycles.